The summed E-state index contributed by atoms with van der Waals surface area (Å²) in [5.41, 5.74) is 1.48. The Morgan fingerprint density at radius 3 is 1.81 bits per heavy atom. The van der Waals surface area contributed by atoms with Gasteiger partial charge in [0.2, 0.25) is 11.8 Å². The van der Waals surface area contributed by atoms with Crippen LogP contribution in [0.25, 0.3) is 0 Å². The smallest absolute Gasteiger partial charge is 0.264 e. The van der Waals surface area contributed by atoms with Gasteiger partial charge in [-0.15, -0.1) is 0 Å². The molecule has 0 fully saturated rings. The van der Waals surface area contributed by atoms with Crippen molar-refractivity contribution in [3.63, 3.8) is 0 Å². The van der Waals surface area contributed by atoms with Gasteiger partial charge >= 0.3 is 0 Å². The molecule has 0 heterocycles. The predicted octanol–water partition coefficient (Wildman–Crippen LogP) is 6.20. The van der Waals surface area contributed by atoms with Crippen molar-refractivity contribution in [1.29, 1.82) is 0 Å². The van der Waals surface area contributed by atoms with Crippen LogP contribution in [0.3, 0.4) is 0 Å². The molecule has 9 heteroatoms. The second-order valence-corrected chi connectivity index (χ2v) is 14.0. The molecule has 4 aromatic carbocycles. The van der Waals surface area contributed by atoms with Crippen LogP contribution in [0.5, 0.6) is 0 Å². The van der Waals surface area contributed by atoms with E-state index in [2.05, 4.69) is 21.2 Å². The van der Waals surface area contributed by atoms with E-state index >= 15 is 0 Å². The first-order valence-corrected chi connectivity index (χ1v) is 16.2. The highest BCUT2D eigenvalue weighted by Gasteiger charge is 2.35. The summed E-state index contributed by atoms with van der Waals surface area (Å²) in [6.45, 7) is 5.27. The average molecular weight is 663 g/mol. The van der Waals surface area contributed by atoms with E-state index in [0.29, 0.717) is 5.69 Å². The first kappa shape index (κ1) is 32.0. The minimum absolute atomic E-state index is 0.0617. The van der Waals surface area contributed by atoms with E-state index in [1.54, 1.807) is 42.5 Å². The van der Waals surface area contributed by atoms with Gasteiger partial charge in [-0.2, -0.15) is 0 Å². The number of hydrogen-bond donors (Lipinski definition) is 1. The molecule has 2 amide bonds. The quantitative estimate of drug-likeness (QED) is 0.207. The van der Waals surface area contributed by atoms with Crippen molar-refractivity contribution < 1.29 is 18.0 Å². The molecule has 0 unspecified atom stereocenters. The Labute approximate surface area is 262 Å². The van der Waals surface area contributed by atoms with Gasteiger partial charge in [0.25, 0.3) is 10.0 Å². The van der Waals surface area contributed by atoms with Crippen molar-refractivity contribution in [2.75, 3.05) is 10.8 Å². The Bertz CT molecular complexity index is 1610. The molecule has 224 valence electrons. The largest absolute Gasteiger partial charge is 0.350 e. The van der Waals surface area contributed by atoms with E-state index < -0.39 is 34.1 Å². The predicted molar refractivity (Wildman–Crippen MR) is 174 cm³/mol. The lowest BCUT2D eigenvalue weighted by atomic mass is 10.0. The molecule has 1 atom stereocenters. The standard InChI is InChI=1S/C34H36BrN3O4S/c1-34(2,3)36-33(40)31(23-26-13-7-4-8-14-26)37(24-27-15-9-5-10-16-27)32(39)25-38(29-21-19-28(35)20-22-29)43(41,42)30-17-11-6-12-18-30/h4-22,31H,23-25H2,1-3H3,(H,36,40)/t31-/m1/s1. The summed E-state index contributed by atoms with van der Waals surface area (Å²) in [4.78, 5) is 29.8. The lowest BCUT2D eigenvalue weighted by Gasteiger charge is -2.35. The molecule has 0 radical (unpaired) electrons. The molecule has 0 aromatic heterocycles. The topological polar surface area (TPSA) is 86.8 Å². The van der Waals surface area contributed by atoms with Crippen LogP contribution in [0.1, 0.15) is 31.9 Å². The Morgan fingerprint density at radius 2 is 1.28 bits per heavy atom. The number of nitrogens with one attached hydrogen (secondary N) is 1. The second-order valence-electron chi connectivity index (χ2n) is 11.3. The zero-order valence-electron chi connectivity index (χ0n) is 24.5. The molecule has 0 saturated carbocycles. The lowest BCUT2D eigenvalue weighted by molar-refractivity contribution is -0.140. The number of sulfonamides is 1. The van der Waals surface area contributed by atoms with Crippen LogP contribution in [0.15, 0.2) is 125 Å². The third-order valence-electron chi connectivity index (χ3n) is 6.69. The summed E-state index contributed by atoms with van der Waals surface area (Å²) < 4.78 is 29.8. The maximum Gasteiger partial charge on any atom is 0.264 e. The molecule has 43 heavy (non-hydrogen) atoms. The van der Waals surface area contributed by atoms with Gasteiger partial charge < -0.3 is 10.2 Å². The van der Waals surface area contributed by atoms with Crippen LogP contribution < -0.4 is 9.62 Å². The third kappa shape index (κ3) is 8.78. The third-order valence-corrected chi connectivity index (χ3v) is 9.01. The average Bonchev–Trinajstić information content (AvgIpc) is 2.98. The van der Waals surface area contributed by atoms with Crippen molar-refractivity contribution in [1.82, 2.24) is 10.2 Å². The Kier molecular flexibility index (Phi) is 10.4. The lowest BCUT2D eigenvalue weighted by Crippen LogP contribution is -2.56. The number of halogens is 1. The summed E-state index contributed by atoms with van der Waals surface area (Å²) in [5, 5.41) is 3.04. The maximum atomic E-state index is 14.4. The van der Waals surface area contributed by atoms with Crippen LogP contribution in [0, 0.1) is 0 Å². The van der Waals surface area contributed by atoms with E-state index in [-0.39, 0.29) is 23.8 Å². The number of amides is 2. The van der Waals surface area contributed by atoms with Gasteiger partial charge in [-0.3, -0.25) is 13.9 Å². The van der Waals surface area contributed by atoms with Gasteiger partial charge in [-0.05, 0) is 68.3 Å². The molecule has 7 nitrogen and oxygen atoms in total. The highest BCUT2D eigenvalue weighted by molar-refractivity contribution is 9.10. The van der Waals surface area contributed by atoms with Crippen LogP contribution >= 0.6 is 15.9 Å². The monoisotopic (exact) mass is 661 g/mol. The number of hydrogen-bond acceptors (Lipinski definition) is 4. The fourth-order valence-electron chi connectivity index (χ4n) is 4.64. The molecule has 0 aliphatic heterocycles. The summed E-state index contributed by atoms with van der Waals surface area (Å²) in [5.74, 6) is -0.821. The van der Waals surface area contributed by atoms with Gasteiger partial charge in [0, 0.05) is 23.0 Å². The van der Waals surface area contributed by atoms with Gasteiger partial charge in [0.05, 0.1) is 10.6 Å². The molecule has 0 bridgehead atoms. The molecule has 0 aliphatic rings. The van der Waals surface area contributed by atoms with Crippen molar-refractivity contribution in [3.05, 3.63) is 131 Å². The Hall–Kier alpha value is -3.95. The van der Waals surface area contributed by atoms with E-state index in [9.17, 15) is 18.0 Å². The highest BCUT2D eigenvalue weighted by Crippen LogP contribution is 2.26. The zero-order chi connectivity index (χ0) is 31.0. The Balaban J connectivity index is 1.79. The number of carbonyl (C=O) groups is 2. The molecule has 1 N–H and O–H groups in total. The van der Waals surface area contributed by atoms with Crippen LogP contribution in [-0.4, -0.2) is 43.3 Å². The molecule has 0 saturated heterocycles. The molecule has 0 aliphatic carbocycles. The van der Waals surface area contributed by atoms with Gasteiger partial charge in [-0.25, -0.2) is 8.42 Å². The van der Waals surface area contributed by atoms with E-state index in [1.807, 2.05) is 81.4 Å². The number of benzene rings is 4. The fourth-order valence-corrected chi connectivity index (χ4v) is 6.34. The maximum absolute atomic E-state index is 14.4. The summed E-state index contributed by atoms with van der Waals surface area (Å²) in [6, 6.07) is 32.7. The van der Waals surface area contributed by atoms with Crippen LogP contribution in [-0.2, 0) is 32.6 Å². The first-order valence-electron chi connectivity index (χ1n) is 14.0. The van der Waals surface area contributed by atoms with E-state index in [4.69, 9.17) is 0 Å². The molecular weight excluding hydrogens is 626 g/mol. The van der Waals surface area contributed by atoms with Crippen molar-refractivity contribution in [2.24, 2.45) is 0 Å². The highest BCUT2D eigenvalue weighted by atomic mass is 79.9. The fraction of sp³-hybridized carbons (Fsp3) is 0.235. The summed E-state index contributed by atoms with van der Waals surface area (Å²) >= 11 is 3.40. The number of anilines is 1. The van der Waals surface area contributed by atoms with Gasteiger partial charge in [-0.1, -0.05) is 94.8 Å². The van der Waals surface area contributed by atoms with Crippen molar-refractivity contribution in [2.45, 2.75) is 50.2 Å². The van der Waals surface area contributed by atoms with Gasteiger partial charge in [0.15, 0.2) is 0 Å². The van der Waals surface area contributed by atoms with Crippen molar-refractivity contribution >= 4 is 43.5 Å². The van der Waals surface area contributed by atoms with E-state index in [1.165, 1.54) is 17.0 Å². The number of carbonyl (C=O) groups excluding carboxylic acids is 2. The molecule has 4 rings (SSSR count). The molecular formula is C34H36BrN3O4S. The van der Waals surface area contributed by atoms with Crippen LogP contribution in [0.4, 0.5) is 5.69 Å². The van der Waals surface area contributed by atoms with Crippen molar-refractivity contribution in [3.8, 4) is 0 Å². The summed E-state index contributed by atoms with van der Waals surface area (Å²) in [6.07, 6.45) is 0.255. The first-order chi connectivity index (χ1) is 20.4. The molecule has 0 spiro atoms. The molecule has 4 aromatic rings. The minimum atomic E-state index is -4.13. The van der Waals surface area contributed by atoms with Gasteiger partial charge in [0.1, 0.15) is 12.6 Å². The normalized spacial score (nSPS) is 12.3. The minimum Gasteiger partial charge on any atom is -0.350 e. The summed E-state index contributed by atoms with van der Waals surface area (Å²) in [7, 11) is -4.13. The van der Waals surface area contributed by atoms with Crippen LogP contribution in [0.2, 0.25) is 0 Å². The second kappa shape index (κ2) is 14.0. The SMILES string of the molecule is CC(C)(C)NC(=O)[C@@H](Cc1ccccc1)N(Cc1ccccc1)C(=O)CN(c1ccc(Br)cc1)S(=O)(=O)c1ccccc1. The zero-order valence-corrected chi connectivity index (χ0v) is 26.9. The number of rotatable bonds is 11. The van der Waals surface area contributed by atoms with E-state index in [0.717, 1.165) is 19.9 Å². The Morgan fingerprint density at radius 1 is 0.767 bits per heavy atom. The number of nitrogens with zero attached hydrogens (tertiary/aromatic N) is 2.